The molecule has 0 saturated carbocycles. The van der Waals surface area contributed by atoms with Gasteiger partial charge in [0.25, 0.3) is 0 Å². The standard InChI is InChI=1S/C20H23F3N4O/c1-15-4-2-5-17(12-15)25-19(28)14-26-8-3-9-27(11-10-26)18-7-6-16(13-24-18)20(21,22)23/h2,4-7,12-13H,3,8-11,14H2,1H3,(H,25,28). The lowest BCUT2D eigenvalue weighted by atomic mass is 10.2. The molecule has 1 fully saturated rings. The molecule has 1 saturated heterocycles. The highest BCUT2D eigenvalue weighted by Crippen LogP contribution is 2.29. The average molecular weight is 392 g/mol. The Morgan fingerprint density at radius 1 is 1.14 bits per heavy atom. The monoisotopic (exact) mass is 392 g/mol. The minimum atomic E-state index is -4.38. The molecule has 28 heavy (non-hydrogen) atoms. The van der Waals surface area contributed by atoms with Gasteiger partial charge in [0.2, 0.25) is 5.91 Å². The van der Waals surface area contributed by atoms with Gasteiger partial charge in [-0.15, -0.1) is 0 Å². The molecule has 5 nitrogen and oxygen atoms in total. The Labute approximate surface area is 162 Å². The fourth-order valence-corrected chi connectivity index (χ4v) is 3.23. The lowest BCUT2D eigenvalue weighted by Crippen LogP contribution is -2.36. The summed E-state index contributed by atoms with van der Waals surface area (Å²) >= 11 is 0. The zero-order chi connectivity index (χ0) is 20.1. The highest BCUT2D eigenvalue weighted by Gasteiger charge is 2.31. The van der Waals surface area contributed by atoms with Crippen molar-refractivity contribution >= 4 is 17.4 Å². The summed E-state index contributed by atoms with van der Waals surface area (Å²) in [5, 5.41) is 2.90. The Bertz CT molecular complexity index is 808. The fraction of sp³-hybridized carbons (Fsp3) is 0.400. The van der Waals surface area contributed by atoms with Crippen LogP contribution in [-0.2, 0) is 11.0 Å². The molecule has 150 valence electrons. The van der Waals surface area contributed by atoms with E-state index in [2.05, 4.69) is 15.2 Å². The van der Waals surface area contributed by atoms with Gasteiger partial charge in [0.05, 0.1) is 12.1 Å². The van der Waals surface area contributed by atoms with E-state index in [1.165, 1.54) is 6.07 Å². The van der Waals surface area contributed by atoms with Crippen molar-refractivity contribution in [3.8, 4) is 0 Å². The van der Waals surface area contributed by atoms with Crippen LogP contribution in [0.15, 0.2) is 42.6 Å². The van der Waals surface area contributed by atoms with E-state index in [4.69, 9.17) is 0 Å². The number of rotatable bonds is 4. The first-order valence-corrected chi connectivity index (χ1v) is 9.18. The van der Waals surface area contributed by atoms with Gasteiger partial charge in [-0.2, -0.15) is 13.2 Å². The molecular formula is C20H23F3N4O. The van der Waals surface area contributed by atoms with Gasteiger partial charge in [0.15, 0.2) is 0 Å². The molecule has 1 N–H and O–H groups in total. The van der Waals surface area contributed by atoms with Crippen LogP contribution in [0.4, 0.5) is 24.7 Å². The van der Waals surface area contributed by atoms with Crippen LogP contribution in [-0.4, -0.2) is 48.5 Å². The van der Waals surface area contributed by atoms with E-state index in [1.54, 1.807) is 0 Å². The quantitative estimate of drug-likeness (QED) is 0.865. The van der Waals surface area contributed by atoms with Gasteiger partial charge in [-0.05, 0) is 43.2 Å². The summed E-state index contributed by atoms with van der Waals surface area (Å²) in [4.78, 5) is 20.3. The van der Waals surface area contributed by atoms with Crippen molar-refractivity contribution < 1.29 is 18.0 Å². The third-order valence-electron chi connectivity index (χ3n) is 4.66. The first-order valence-electron chi connectivity index (χ1n) is 9.18. The topological polar surface area (TPSA) is 48.5 Å². The van der Waals surface area contributed by atoms with Crippen molar-refractivity contribution in [2.45, 2.75) is 19.5 Å². The van der Waals surface area contributed by atoms with E-state index in [1.807, 2.05) is 36.1 Å². The number of carbonyl (C=O) groups is 1. The predicted octanol–water partition coefficient (Wildman–Crippen LogP) is 3.56. The highest BCUT2D eigenvalue weighted by atomic mass is 19.4. The van der Waals surface area contributed by atoms with E-state index in [0.717, 1.165) is 36.5 Å². The summed E-state index contributed by atoms with van der Waals surface area (Å²) in [6.07, 6.45) is -2.71. The van der Waals surface area contributed by atoms with Gasteiger partial charge < -0.3 is 10.2 Å². The van der Waals surface area contributed by atoms with Crippen molar-refractivity contribution in [2.24, 2.45) is 0 Å². The second-order valence-electron chi connectivity index (χ2n) is 6.94. The van der Waals surface area contributed by atoms with Crippen LogP contribution >= 0.6 is 0 Å². The molecule has 0 unspecified atom stereocenters. The van der Waals surface area contributed by atoms with E-state index in [9.17, 15) is 18.0 Å². The number of halogens is 3. The van der Waals surface area contributed by atoms with Gasteiger partial charge in [-0.1, -0.05) is 12.1 Å². The van der Waals surface area contributed by atoms with Crippen LogP contribution in [0.1, 0.15) is 17.5 Å². The summed E-state index contributed by atoms with van der Waals surface area (Å²) in [6.45, 7) is 4.93. The zero-order valence-electron chi connectivity index (χ0n) is 15.7. The molecule has 2 aromatic rings. The third kappa shape index (κ3) is 5.45. The maximum Gasteiger partial charge on any atom is 0.417 e. The van der Waals surface area contributed by atoms with Gasteiger partial charge in [0, 0.05) is 38.1 Å². The van der Waals surface area contributed by atoms with Gasteiger partial charge in [0.1, 0.15) is 5.82 Å². The van der Waals surface area contributed by atoms with Gasteiger partial charge >= 0.3 is 6.18 Å². The third-order valence-corrected chi connectivity index (χ3v) is 4.66. The maximum atomic E-state index is 12.7. The molecule has 1 aliphatic heterocycles. The van der Waals surface area contributed by atoms with Crippen molar-refractivity contribution in [1.29, 1.82) is 0 Å². The number of nitrogens with one attached hydrogen (secondary N) is 1. The Morgan fingerprint density at radius 3 is 2.64 bits per heavy atom. The van der Waals surface area contributed by atoms with Crippen LogP contribution in [0, 0.1) is 6.92 Å². The number of alkyl halides is 3. The molecule has 1 aromatic carbocycles. The Kier molecular flexibility index (Phi) is 6.18. The fourth-order valence-electron chi connectivity index (χ4n) is 3.23. The molecule has 0 radical (unpaired) electrons. The van der Waals surface area contributed by atoms with Crippen LogP contribution in [0.25, 0.3) is 0 Å². The van der Waals surface area contributed by atoms with E-state index >= 15 is 0 Å². The first kappa shape index (κ1) is 20.1. The summed E-state index contributed by atoms with van der Waals surface area (Å²) in [7, 11) is 0. The van der Waals surface area contributed by atoms with Gasteiger partial charge in [-0.25, -0.2) is 4.98 Å². The molecular weight excluding hydrogens is 369 g/mol. The minimum absolute atomic E-state index is 0.0771. The first-order chi connectivity index (χ1) is 13.3. The van der Waals surface area contributed by atoms with Crippen LogP contribution in [0.3, 0.4) is 0 Å². The number of nitrogens with zero attached hydrogens (tertiary/aromatic N) is 3. The summed E-state index contributed by atoms with van der Waals surface area (Å²) < 4.78 is 38.0. The number of pyridine rings is 1. The number of aryl methyl sites for hydroxylation is 1. The van der Waals surface area contributed by atoms with E-state index in [0.29, 0.717) is 25.5 Å². The average Bonchev–Trinajstić information content (AvgIpc) is 2.86. The number of amides is 1. The lowest BCUT2D eigenvalue weighted by molar-refractivity contribution is -0.137. The molecule has 8 heteroatoms. The molecule has 0 spiro atoms. The summed E-state index contributed by atoms with van der Waals surface area (Å²) in [5.41, 5.74) is 1.10. The molecule has 1 amide bonds. The molecule has 0 atom stereocenters. The highest BCUT2D eigenvalue weighted by molar-refractivity contribution is 5.92. The zero-order valence-corrected chi connectivity index (χ0v) is 15.7. The molecule has 1 aromatic heterocycles. The minimum Gasteiger partial charge on any atom is -0.355 e. The number of carbonyl (C=O) groups excluding carboxylic acids is 1. The number of aromatic nitrogens is 1. The van der Waals surface area contributed by atoms with Crippen molar-refractivity contribution in [3.63, 3.8) is 0 Å². The number of benzene rings is 1. The Morgan fingerprint density at radius 2 is 1.96 bits per heavy atom. The van der Waals surface area contributed by atoms with E-state index < -0.39 is 11.7 Å². The second kappa shape index (κ2) is 8.60. The molecule has 0 aliphatic carbocycles. The lowest BCUT2D eigenvalue weighted by Gasteiger charge is -2.22. The van der Waals surface area contributed by atoms with Crippen molar-refractivity contribution in [2.75, 3.05) is 42.9 Å². The normalized spacial score (nSPS) is 15.9. The Hall–Kier alpha value is -2.61. The number of anilines is 2. The predicted molar refractivity (Wildman–Crippen MR) is 102 cm³/mol. The number of hydrogen-bond donors (Lipinski definition) is 1. The summed E-state index contributed by atoms with van der Waals surface area (Å²) in [5.74, 6) is 0.450. The molecule has 2 heterocycles. The van der Waals surface area contributed by atoms with E-state index in [-0.39, 0.29) is 12.5 Å². The second-order valence-corrected chi connectivity index (χ2v) is 6.94. The Balaban J connectivity index is 1.54. The van der Waals surface area contributed by atoms with Crippen LogP contribution in [0.2, 0.25) is 0 Å². The van der Waals surface area contributed by atoms with Crippen molar-refractivity contribution in [3.05, 3.63) is 53.7 Å². The summed E-state index contributed by atoms with van der Waals surface area (Å²) in [6, 6.07) is 10.1. The maximum absolute atomic E-state index is 12.7. The van der Waals surface area contributed by atoms with Crippen LogP contribution in [0.5, 0.6) is 0 Å². The SMILES string of the molecule is Cc1cccc(NC(=O)CN2CCCN(c3ccc(C(F)(F)F)cn3)CC2)c1. The van der Waals surface area contributed by atoms with Crippen LogP contribution < -0.4 is 10.2 Å². The molecule has 0 bridgehead atoms. The molecule has 1 aliphatic rings. The number of hydrogen-bond acceptors (Lipinski definition) is 4. The molecule has 3 rings (SSSR count). The smallest absolute Gasteiger partial charge is 0.355 e. The van der Waals surface area contributed by atoms with Gasteiger partial charge in [-0.3, -0.25) is 9.69 Å². The van der Waals surface area contributed by atoms with Crippen molar-refractivity contribution in [1.82, 2.24) is 9.88 Å². The largest absolute Gasteiger partial charge is 0.417 e.